The molecular formula is C16H21F2NO3S. The Kier molecular flexibility index (Phi) is 4.71. The van der Waals surface area contributed by atoms with Gasteiger partial charge < -0.3 is 4.74 Å². The molecule has 2 aliphatic rings. The molecule has 0 radical (unpaired) electrons. The van der Waals surface area contributed by atoms with Gasteiger partial charge in [-0.1, -0.05) is 6.07 Å². The molecule has 0 spiro atoms. The van der Waals surface area contributed by atoms with Gasteiger partial charge in [0.05, 0.1) is 6.10 Å². The van der Waals surface area contributed by atoms with Crippen molar-refractivity contribution in [3.05, 3.63) is 35.4 Å². The Hall–Kier alpha value is -1.05. The predicted octanol–water partition coefficient (Wildman–Crippen LogP) is 2.34. The van der Waals surface area contributed by atoms with Crippen molar-refractivity contribution in [2.45, 2.75) is 37.5 Å². The first kappa shape index (κ1) is 16.8. The van der Waals surface area contributed by atoms with Crippen LogP contribution in [0.2, 0.25) is 0 Å². The Balaban J connectivity index is 1.65. The highest BCUT2D eigenvalue weighted by atomic mass is 32.2. The van der Waals surface area contributed by atoms with Gasteiger partial charge in [-0.25, -0.2) is 21.5 Å². The van der Waals surface area contributed by atoms with E-state index in [2.05, 4.69) is 0 Å². The third-order valence-electron chi connectivity index (χ3n) is 4.81. The van der Waals surface area contributed by atoms with Gasteiger partial charge in [0, 0.05) is 19.7 Å². The summed E-state index contributed by atoms with van der Waals surface area (Å²) in [5.41, 5.74) is 0.700. The second-order valence-electron chi connectivity index (χ2n) is 6.41. The van der Waals surface area contributed by atoms with Gasteiger partial charge in [-0.05, 0) is 49.8 Å². The fourth-order valence-corrected chi connectivity index (χ4v) is 5.61. The lowest BCUT2D eigenvalue weighted by Gasteiger charge is -2.23. The zero-order valence-corrected chi connectivity index (χ0v) is 13.9. The number of sulfonamides is 1. The van der Waals surface area contributed by atoms with Crippen LogP contribution in [0.4, 0.5) is 8.78 Å². The third kappa shape index (κ3) is 3.41. The number of hydrogen-bond donors (Lipinski definition) is 0. The van der Waals surface area contributed by atoms with E-state index in [9.17, 15) is 17.2 Å². The van der Waals surface area contributed by atoms with Gasteiger partial charge in [0.2, 0.25) is 10.0 Å². The van der Waals surface area contributed by atoms with Gasteiger partial charge >= 0.3 is 0 Å². The summed E-state index contributed by atoms with van der Waals surface area (Å²) in [7, 11) is -3.35. The number of benzene rings is 1. The smallest absolute Gasteiger partial charge is 0.219 e. The number of ether oxygens (including phenoxy) is 1. The van der Waals surface area contributed by atoms with Crippen molar-refractivity contribution in [1.82, 2.24) is 4.31 Å². The van der Waals surface area contributed by atoms with Crippen molar-refractivity contribution in [1.29, 1.82) is 0 Å². The topological polar surface area (TPSA) is 46.6 Å². The maximum Gasteiger partial charge on any atom is 0.219 e. The maximum atomic E-state index is 13.3. The van der Waals surface area contributed by atoms with Crippen LogP contribution in [-0.2, 0) is 21.2 Å². The van der Waals surface area contributed by atoms with E-state index in [4.69, 9.17) is 4.74 Å². The van der Waals surface area contributed by atoms with Crippen molar-refractivity contribution >= 4 is 10.0 Å². The molecule has 2 fully saturated rings. The first-order chi connectivity index (χ1) is 10.9. The minimum Gasteiger partial charge on any atom is -0.377 e. The molecule has 0 unspecified atom stereocenters. The van der Waals surface area contributed by atoms with E-state index in [1.54, 1.807) is 13.0 Å². The predicted molar refractivity (Wildman–Crippen MR) is 82.5 cm³/mol. The molecule has 7 heteroatoms. The molecule has 0 amide bonds. The van der Waals surface area contributed by atoms with Crippen LogP contribution >= 0.6 is 0 Å². The van der Waals surface area contributed by atoms with Crippen LogP contribution in [0, 0.1) is 17.6 Å². The highest BCUT2D eigenvalue weighted by Gasteiger charge is 2.42. The Labute approximate surface area is 135 Å². The van der Waals surface area contributed by atoms with E-state index < -0.39 is 26.9 Å². The van der Waals surface area contributed by atoms with Gasteiger partial charge in [0.15, 0.2) is 11.6 Å². The van der Waals surface area contributed by atoms with Crippen molar-refractivity contribution < 1.29 is 21.9 Å². The molecule has 2 saturated heterocycles. The fraction of sp³-hybridized carbons (Fsp3) is 0.625. The van der Waals surface area contributed by atoms with Crippen molar-refractivity contribution in [2.75, 3.05) is 19.7 Å². The van der Waals surface area contributed by atoms with Crippen LogP contribution in [-0.4, -0.2) is 43.8 Å². The van der Waals surface area contributed by atoms with Gasteiger partial charge in [-0.3, -0.25) is 0 Å². The van der Waals surface area contributed by atoms with Crippen molar-refractivity contribution in [3.8, 4) is 0 Å². The Morgan fingerprint density at radius 2 is 2.04 bits per heavy atom. The summed E-state index contributed by atoms with van der Waals surface area (Å²) in [6.07, 6.45) is 1.55. The summed E-state index contributed by atoms with van der Waals surface area (Å²) in [5.74, 6) is -1.59. The number of rotatable bonds is 4. The molecule has 2 heterocycles. The van der Waals surface area contributed by atoms with E-state index in [1.165, 1.54) is 10.4 Å². The van der Waals surface area contributed by atoms with E-state index in [0.717, 1.165) is 12.5 Å². The SMILES string of the molecule is C[C@@H]1OCC[C@H]1S(=O)(=O)N1CC[C@@H](Cc2ccc(F)c(F)c2)C1. The molecule has 128 valence electrons. The maximum absolute atomic E-state index is 13.3. The second-order valence-corrected chi connectivity index (χ2v) is 8.57. The fourth-order valence-electron chi connectivity index (χ4n) is 3.49. The molecule has 1 aromatic rings. The lowest BCUT2D eigenvalue weighted by molar-refractivity contribution is 0.125. The molecule has 0 saturated carbocycles. The quantitative estimate of drug-likeness (QED) is 0.841. The summed E-state index contributed by atoms with van der Waals surface area (Å²) in [6, 6.07) is 3.87. The molecule has 0 bridgehead atoms. The van der Waals surface area contributed by atoms with E-state index >= 15 is 0 Å². The number of hydrogen-bond acceptors (Lipinski definition) is 3. The van der Waals surface area contributed by atoms with Gasteiger partial charge in [-0.2, -0.15) is 0 Å². The largest absolute Gasteiger partial charge is 0.377 e. The summed E-state index contributed by atoms with van der Waals surface area (Å²) < 4.78 is 58.5. The minimum atomic E-state index is -3.35. The lowest BCUT2D eigenvalue weighted by atomic mass is 9.99. The monoisotopic (exact) mass is 345 g/mol. The van der Waals surface area contributed by atoms with Crippen LogP contribution in [0.1, 0.15) is 25.3 Å². The molecule has 3 rings (SSSR count). The van der Waals surface area contributed by atoms with Crippen molar-refractivity contribution in [2.24, 2.45) is 5.92 Å². The third-order valence-corrected chi connectivity index (χ3v) is 7.24. The summed E-state index contributed by atoms with van der Waals surface area (Å²) >= 11 is 0. The summed E-state index contributed by atoms with van der Waals surface area (Å²) in [4.78, 5) is 0. The van der Waals surface area contributed by atoms with Crippen molar-refractivity contribution in [3.63, 3.8) is 0 Å². The van der Waals surface area contributed by atoms with E-state index in [-0.39, 0.29) is 12.0 Å². The standard InChI is InChI=1S/C16H21F2NO3S/c1-11-16(5-7-22-11)23(20,21)19-6-4-13(10-19)8-12-2-3-14(17)15(18)9-12/h2-3,9,11,13,16H,4-8,10H2,1H3/t11-,13-,16+/m0/s1. The average molecular weight is 345 g/mol. The van der Waals surface area contributed by atoms with Crippen LogP contribution < -0.4 is 0 Å². The van der Waals surface area contributed by atoms with Gasteiger partial charge in [0.1, 0.15) is 5.25 Å². The van der Waals surface area contributed by atoms with Crippen LogP contribution in [0.3, 0.4) is 0 Å². The Morgan fingerprint density at radius 1 is 1.26 bits per heavy atom. The average Bonchev–Trinajstić information content (AvgIpc) is 3.12. The number of nitrogens with zero attached hydrogens (tertiary/aromatic N) is 1. The van der Waals surface area contributed by atoms with Crippen LogP contribution in [0.15, 0.2) is 18.2 Å². The van der Waals surface area contributed by atoms with E-state index in [1.807, 2.05) is 0 Å². The molecular weight excluding hydrogens is 324 g/mol. The zero-order valence-electron chi connectivity index (χ0n) is 13.0. The van der Waals surface area contributed by atoms with Gasteiger partial charge in [0.25, 0.3) is 0 Å². The Morgan fingerprint density at radius 3 is 2.70 bits per heavy atom. The first-order valence-electron chi connectivity index (χ1n) is 7.92. The minimum absolute atomic E-state index is 0.132. The summed E-state index contributed by atoms with van der Waals surface area (Å²) in [6.45, 7) is 3.20. The summed E-state index contributed by atoms with van der Waals surface area (Å²) in [5, 5.41) is -0.468. The lowest BCUT2D eigenvalue weighted by Crippen LogP contribution is -2.40. The zero-order chi connectivity index (χ0) is 16.6. The molecule has 0 aromatic heterocycles. The first-order valence-corrected chi connectivity index (χ1v) is 9.42. The highest BCUT2D eigenvalue weighted by Crippen LogP contribution is 2.29. The van der Waals surface area contributed by atoms with Crippen LogP contribution in [0.25, 0.3) is 0 Å². The molecule has 2 aliphatic heterocycles. The normalized spacial score (nSPS) is 29.3. The van der Waals surface area contributed by atoms with Crippen LogP contribution in [0.5, 0.6) is 0 Å². The molecule has 3 atom stereocenters. The highest BCUT2D eigenvalue weighted by molar-refractivity contribution is 7.89. The molecule has 23 heavy (non-hydrogen) atoms. The second kappa shape index (κ2) is 6.45. The van der Waals surface area contributed by atoms with E-state index in [0.29, 0.717) is 38.1 Å². The molecule has 0 aliphatic carbocycles. The molecule has 1 aromatic carbocycles. The van der Waals surface area contributed by atoms with Gasteiger partial charge in [-0.15, -0.1) is 0 Å². The number of halogens is 2. The Bertz CT molecular complexity index is 680. The molecule has 4 nitrogen and oxygen atoms in total. The molecule has 0 N–H and O–H groups in total.